The fourth-order valence-electron chi connectivity index (χ4n) is 2.17. The lowest BCUT2D eigenvalue weighted by atomic mass is 10.1. The van der Waals surface area contributed by atoms with E-state index in [1.807, 2.05) is 44.1 Å². The van der Waals surface area contributed by atoms with Gasteiger partial charge in [0.15, 0.2) is 11.6 Å². The zero-order chi connectivity index (χ0) is 16.1. The first-order valence-corrected chi connectivity index (χ1v) is 7.43. The molecule has 0 bridgehead atoms. The van der Waals surface area contributed by atoms with Crippen LogP contribution >= 0.6 is 0 Å². The van der Waals surface area contributed by atoms with Crippen LogP contribution in [-0.4, -0.2) is 47.2 Å². The predicted octanol–water partition coefficient (Wildman–Crippen LogP) is 1.93. The first kappa shape index (κ1) is 16.5. The Hall–Kier alpha value is -1.92. The molecule has 6 nitrogen and oxygen atoms in total. The zero-order valence-electron chi connectivity index (χ0n) is 13.7. The maximum absolute atomic E-state index is 9.94. The number of hydrogen-bond donors (Lipinski definition) is 1. The van der Waals surface area contributed by atoms with Crippen molar-refractivity contribution in [1.82, 2.24) is 14.8 Å². The quantitative estimate of drug-likeness (QED) is 0.847. The minimum Gasteiger partial charge on any atom is -0.391 e. The van der Waals surface area contributed by atoms with Gasteiger partial charge in [0.25, 0.3) is 0 Å². The second-order valence-corrected chi connectivity index (χ2v) is 5.47. The highest BCUT2D eigenvalue weighted by atomic mass is 16.5. The first-order valence-electron chi connectivity index (χ1n) is 7.43. The van der Waals surface area contributed by atoms with Crippen LogP contribution in [0.5, 0.6) is 0 Å². The summed E-state index contributed by atoms with van der Waals surface area (Å²) < 4.78 is 6.88. The summed E-state index contributed by atoms with van der Waals surface area (Å²) in [6.45, 7) is 2.73. The Morgan fingerprint density at radius 1 is 1.36 bits per heavy atom. The van der Waals surface area contributed by atoms with Crippen molar-refractivity contribution in [3.8, 4) is 11.4 Å². The van der Waals surface area contributed by atoms with Crippen molar-refractivity contribution in [2.75, 3.05) is 26.1 Å². The van der Waals surface area contributed by atoms with Crippen LogP contribution in [0.2, 0.25) is 0 Å². The van der Waals surface area contributed by atoms with Crippen molar-refractivity contribution >= 4 is 5.69 Å². The van der Waals surface area contributed by atoms with Crippen LogP contribution in [0.4, 0.5) is 5.69 Å². The number of nitrogens with zero attached hydrogens (tertiary/aromatic N) is 4. The summed E-state index contributed by atoms with van der Waals surface area (Å²) in [4.78, 5) is 6.60. The van der Waals surface area contributed by atoms with Gasteiger partial charge in [-0.25, -0.2) is 9.67 Å². The lowest BCUT2D eigenvalue weighted by molar-refractivity contribution is 0.144. The van der Waals surface area contributed by atoms with Crippen molar-refractivity contribution in [3.63, 3.8) is 0 Å². The Bertz CT molecular complexity index is 610. The number of benzene rings is 1. The molecule has 0 aliphatic carbocycles. The molecule has 6 heteroatoms. The molecule has 0 aliphatic rings. The second kappa shape index (κ2) is 7.38. The van der Waals surface area contributed by atoms with Gasteiger partial charge in [-0.05, 0) is 18.6 Å². The fraction of sp³-hybridized carbons (Fsp3) is 0.500. The van der Waals surface area contributed by atoms with Gasteiger partial charge in [-0.15, -0.1) is 0 Å². The van der Waals surface area contributed by atoms with Crippen LogP contribution in [0.15, 0.2) is 24.3 Å². The highest BCUT2D eigenvalue weighted by molar-refractivity contribution is 5.63. The number of aromatic nitrogens is 3. The smallest absolute Gasteiger partial charge is 0.176 e. The highest BCUT2D eigenvalue weighted by Crippen LogP contribution is 2.23. The minimum absolute atomic E-state index is 0.357. The first-order chi connectivity index (χ1) is 10.5. The SMILES string of the molecule is CC[C@H](O)Cn1nc(COC)nc1-c1cccc(N(C)C)c1. The van der Waals surface area contributed by atoms with Crippen LogP contribution < -0.4 is 4.90 Å². The molecular formula is C16H24N4O2. The summed E-state index contributed by atoms with van der Waals surface area (Å²) in [5.41, 5.74) is 2.07. The molecule has 0 amide bonds. The molecule has 1 aromatic carbocycles. The Morgan fingerprint density at radius 3 is 2.77 bits per heavy atom. The van der Waals surface area contributed by atoms with Crippen molar-refractivity contribution in [2.24, 2.45) is 0 Å². The average molecular weight is 304 g/mol. The Labute approximate surface area is 131 Å². The van der Waals surface area contributed by atoms with Crippen LogP contribution in [0.25, 0.3) is 11.4 Å². The average Bonchev–Trinajstić information content (AvgIpc) is 2.90. The van der Waals surface area contributed by atoms with E-state index in [2.05, 4.69) is 16.1 Å². The van der Waals surface area contributed by atoms with Gasteiger partial charge in [0.1, 0.15) is 6.61 Å². The van der Waals surface area contributed by atoms with E-state index >= 15 is 0 Å². The summed E-state index contributed by atoms with van der Waals surface area (Å²) in [7, 11) is 5.62. The highest BCUT2D eigenvalue weighted by Gasteiger charge is 2.15. The van der Waals surface area contributed by atoms with E-state index in [1.165, 1.54) is 0 Å². The fourth-order valence-corrected chi connectivity index (χ4v) is 2.17. The van der Waals surface area contributed by atoms with E-state index in [1.54, 1.807) is 11.8 Å². The molecule has 22 heavy (non-hydrogen) atoms. The van der Waals surface area contributed by atoms with Crippen molar-refractivity contribution in [1.29, 1.82) is 0 Å². The molecule has 0 radical (unpaired) electrons. The van der Waals surface area contributed by atoms with Crippen LogP contribution in [-0.2, 0) is 17.9 Å². The summed E-state index contributed by atoms with van der Waals surface area (Å²) in [5.74, 6) is 1.37. The zero-order valence-corrected chi connectivity index (χ0v) is 13.7. The molecule has 0 aliphatic heterocycles. The number of hydrogen-bond acceptors (Lipinski definition) is 5. The topological polar surface area (TPSA) is 63.4 Å². The molecule has 1 atom stereocenters. The number of anilines is 1. The van der Waals surface area contributed by atoms with Gasteiger partial charge >= 0.3 is 0 Å². The summed E-state index contributed by atoms with van der Waals surface area (Å²) in [5, 5.41) is 14.4. The maximum atomic E-state index is 9.94. The van der Waals surface area contributed by atoms with Crippen LogP contribution in [0, 0.1) is 0 Å². The third-order valence-corrected chi connectivity index (χ3v) is 3.46. The van der Waals surface area contributed by atoms with Gasteiger partial charge in [0.05, 0.1) is 12.6 Å². The molecule has 120 valence electrons. The van der Waals surface area contributed by atoms with E-state index in [-0.39, 0.29) is 0 Å². The number of methoxy groups -OCH3 is 1. The summed E-state index contributed by atoms with van der Waals surface area (Å²) in [6.07, 6.45) is 0.240. The van der Waals surface area contributed by atoms with E-state index in [0.717, 1.165) is 17.1 Å². The molecule has 2 rings (SSSR count). The Morgan fingerprint density at radius 2 is 2.14 bits per heavy atom. The van der Waals surface area contributed by atoms with Crippen molar-refractivity contribution < 1.29 is 9.84 Å². The normalized spacial score (nSPS) is 12.4. The number of aliphatic hydroxyl groups is 1. The molecule has 1 aromatic heterocycles. The lowest BCUT2D eigenvalue weighted by Crippen LogP contribution is -2.17. The van der Waals surface area contributed by atoms with Crippen molar-refractivity contribution in [2.45, 2.75) is 32.6 Å². The summed E-state index contributed by atoms with van der Waals surface area (Å²) >= 11 is 0. The van der Waals surface area contributed by atoms with E-state index in [9.17, 15) is 5.11 Å². The van der Waals surface area contributed by atoms with E-state index < -0.39 is 6.10 Å². The maximum Gasteiger partial charge on any atom is 0.176 e. The molecule has 2 aromatic rings. The van der Waals surface area contributed by atoms with Gasteiger partial charge in [-0.2, -0.15) is 5.10 Å². The van der Waals surface area contributed by atoms with Gasteiger partial charge in [-0.1, -0.05) is 19.1 Å². The standard InChI is InChI=1S/C16H24N4O2/c1-5-14(21)10-20-16(17-15(18-20)11-22-4)12-7-6-8-13(9-12)19(2)3/h6-9,14,21H,5,10-11H2,1-4H3/t14-/m0/s1. The second-order valence-electron chi connectivity index (χ2n) is 5.47. The minimum atomic E-state index is -0.437. The summed E-state index contributed by atoms with van der Waals surface area (Å²) in [6, 6.07) is 8.11. The number of rotatable bonds is 7. The van der Waals surface area contributed by atoms with Gasteiger partial charge in [0, 0.05) is 32.5 Å². The Balaban J connectivity index is 2.41. The van der Waals surface area contributed by atoms with Gasteiger partial charge in [-0.3, -0.25) is 0 Å². The number of ether oxygens (including phenoxy) is 1. The lowest BCUT2D eigenvalue weighted by Gasteiger charge is -2.14. The molecule has 0 fully saturated rings. The van der Waals surface area contributed by atoms with Gasteiger partial charge < -0.3 is 14.7 Å². The molecule has 0 unspecified atom stereocenters. The van der Waals surface area contributed by atoms with Crippen LogP contribution in [0.1, 0.15) is 19.2 Å². The molecular weight excluding hydrogens is 280 g/mol. The predicted molar refractivity (Wildman–Crippen MR) is 86.8 cm³/mol. The largest absolute Gasteiger partial charge is 0.391 e. The van der Waals surface area contributed by atoms with E-state index in [4.69, 9.17) is 4.74 Å². The van der Waals surface area contributed by atoms with E-state index in [0.29, 0.717) is 25.4 Å². The third-order valence-electron chi connectivity index (χ3n) is 3.46. The molecule has 0 spiro atoms. The molecule has 0 saturated heterocycles. The van der Waals surface area contributed by atoms with Gasteiger partial charge in [0.2, 0.25) is 0 Å². The third kappa shape index (κ3) is 3.84. The Kier molecular flexibility index (Phi) is 5.51. The molecule has 1 N–H and O–H groups in total. The molecule has 0 saturated carbocycles. The van der Waals surface area contributed by atoms with Crippen molar-refractivity contribution in [3.05, 3.63) is 30.1 Å². The molecule has 1 heterocycles. The monoisotopic (exact) mass is 304 g/mol. The number of aliphatic hydroxyl groups excluding tert-OH is 1. The van der Waals surface area contributed by atoms with Crippen LogP contribution in [0.3, 0.4) is 0 Å².